The topological polar surface area (TPSA) is 153 Å². The molecule has 13 heteroatoms. The van der Waals surface area contributed by atoms with Crippen molar-refractivity contribution in [2.45, 2.75) is 25.0 Å². The van der Waals surface area contributed by atoms with E-state index in [-0.39, 0.29) is 29.1 Å². The largest absolute Gasteiger partial charge is 0.464 e. The highest BCUT2D eigenvalue weighted by Gasteiger charge is 2.35. The molecule has 4 heterocycles. The lowest BCUT2D eigenvalue weighted by atomic mass is 10.0. The number of aromatic amines is 1. The summed E-state index contributed by atoms with van der Waals surface area (Å²) >= 11 is 1.16. The van der Waals surface area contributed by atoms with Gasteiger partial charge >= 0.3 is 17.7 Å². The number of carbonyl (C=O) groups is 2. The number of H-pyrrole nitrogens is 1. The van der Waals surface area contributed by atoms with E-state index in [1.807, 2.05) is 0 Å². The smallest absolute Gasteiger partial charge is 0.338 e. The molecule has 0 unspecified atom stereocenters. The number of furan rings is 1. The first-order chi connectivity index (χ1) is 15.7. The number of urea groups is 1. The molecule has 3 N–H and O–H groups in total. The van der Waals surface area contributed by atoms with Crippen molar-refractivity contribution in [3.63, 3.8) is 0 Å². The van der Waals surface area contributed by atoms with Crippen molar-refractivity contribution in [2.75, 3.05) is 12.4 Å². The van der Waals surface area contributed by atoms with Gasteiger partial charge in [0.05, 0.1) is 12.2 Å². The lowest BCUT2D eigenvalue weighted by Crippen LogP contribution is -2.46. The van der Waals surface area contributed by atoms with E-state index in [2.05, 4.69) is 20.6 Å². The Kier molecular flexibility index (Phi) is 5.89. The molecule has 0 radical (unpaired) electrons. The number of amides is 2. The number of carbonyl (C=O) groups excluding carboxylic acids is 2. The highest BCUT2D eigenvalue weighted by atomic mass is 32.2. The number of rotatable bonds is 6. The van der Waals surface area contributed by atoms with E-state index in [9.17, 15) is 19.2 Å². The van der Waals surface area contributed by atoms with Gasteiger partial charge in [0.2, 0.25) is 0 Å². The fraction of sp³-hybridized carbons (Fsp3) is 0.350. The quantitative estimate of drug-likeness (QED) is 0.351. The molecule has 33 heavy (non-hydrogen) atoms. The third-order valence-electron chi connectivity index (χ3n) is 5.12. The van der Waals surface area contributed by atoms with Crippen LogP contribution in [0, 0.1) is 6.92 Å². The highest BCUT2D eigenvalue weighted by molar-refractivity contribution is 7.99. The maximum Gasteiger partial charge on any atom is 0.338 e. The fourth-order valence-electron chi connectivity index (χ4n) is 3.52. The number of aryl methyl sites for hydroxylation is 2. The van der Waals surface area contributed by atoms with Gasteiger partial charge in [-0.3, -0.25) is 13.9 Å². The Morgan fingerprint density at radius 1 is 1.24 bits per heavy atom. The zero-order valence-corrected chi connectivity index (χ0v) is 19.2. The summed E-state index contributed by atoms with van der Waals surface area (Å²) in [5.74, 6) is 0.563. The Balaban J connectivity index is 1.72. The second-order valence-corrected chi connectivity index (χ2v) is 8.29. The standard InChI is InChI=1S/C20H22N6O6S/c1-5-31-17(28)12-10(21-18(29)22-13(12)11-7-6-9(2)32-11)8-33-19-23-14-15(24-19)25(3)20(30)26(4)16(14)27/h6-7,13H,5,8H2,1-4H3,(H,23,24)(H2,21,22,29)/t13-/m0/s1. The zero-order chi connectivity index (χ0) is 23.9. The third-order valence-corrected chi connectivity index (χ3v) is 6.02. The molecule has 3 aromatic rings. The Hall–Kier alpha value is -3.74. The van der Waals surface area contributed by atoms with Gasteiger partial charge in [0, 0.05) is 25.5 Å². The predicted molar refractivity (Wildman–Crippen MR) is 119 cm³/mol. The summed E-state index contributed by atoms with van der Waals surface area (Å²) < 4.78 is 13.1. The van der Waals surface area contributed by atoms with Crippen LogP contribution in [0.15, 0.2) is 42.6 Å². The lowest BCUT2D eigenvalue weighted by Gasteiger charge is -2.27. The molecule has 0 aromatic carbocycles. The average molecular weight is 474 g/mol. The van der Waals surface area contributed by atoms with Crippen molar-refractivity contribution in [3.8, 4) is 0 Å². The first-order valence-electron chi connectivity index (χ1n) is 10.0. The minimum absolute atomic E-state index is 0.131. The summed E-state index contributed by atoms with van der Waals surface area (Å²) in [5, 5.41) is 5.70. The number of imidazole rings is 1. The van der Waals surface area contributed by atoms with Gasteiger partial charge in [0.15, 0.2) is 16.3 Å². The van der Waals surface area contributed by atoms with Gasteiger partial charge in [-0.05, 0) is 26.0 Å². The second-order valence-electron chi connectivity index (χ2n) is 7.33. The van der Waals surface area contributed by atoms with Crippen LogP contribution in [-0.4, -0.2) is 43.5 Å². The zero-order valence-electron chi connectivity index (χ0n) is 18.3. The number of nitrogens with zero attached hydrogens (tertiary/aromatic N) is 3. The molecule has 1 aliphatic rings. The lowest BCUT2D eigenvalue weighted by molar-refractivity contribution is -0.139. The van der Waals surface area contributed by atoms with Gasteiger partial charge < -0.3 is 24.8 Å². The molecule has 0 spiro atoms. The van der Waals surface area contributed by atoms with Gasteiger partial charge in [-0.2, -0.15) is 0 Å². The summed E-state index contributed by atoms with van der Waals surface area (Å²) in [6.07, 6.45) is 0. The van der Waals surface area contributed by atoms with Crippen molar-refractivity contribution >= 4 is 34.9 Å². The van der Waals surface area contributed by atoms with Crippen LogP contribution in [0.25, 0.3) is 11.2 Å². The summed E-state index contributed by atoms with van der Waals surface area (Å²) in [7, 11) is 2.90. The van der Waals surface area contributed by atoms with Crippen molar-refractivity contribution < 1.29 is 18.7 Å². The number of fused-ring (bicyclic) bond motifs is 1. The Morgan fingerprint density at radius 2 is 2.00 bits per heavy atom. The molecular weight excluding hydrogens is 452 g/mol. The van der Waals surface area contributed by atoms with Crippen LogP contribution < -0.4 is 21.9 Å². The molecule has 1 atom stereocenters. The summed E-state index contributed by atoms with van der Waals surface area (Å²) in [6.45, 7) is 3.60. The first kappa shape index (κ1) is 22.5. The van der Waals surface area contributed by atoms with Gasteiger partial charge in [0.1, 0.15) is 17.6 Å². The molecular formula is C20H22N6O6S. The Bertz CT molecular complexity index is 1410. The molecule has 1 aliphatic heterocycles. The molecule has 0 bridgehead atoms. The normalized spacial score (nSPS) is 16.1. The van der Waals surface area contributed by atoms with Crippen molar-refractivity contribution in [1.82, 2.24) is 29.7 Å². The van der Waals surface area contributed by atoms with E-state index >= 15 is 0 Å². The van der Waals surface area contributed by atoms with E-state index < -0.39 is 29.3 Å². The molecule has 12 nitrogen and oxygen atoms in total. The fourth-order valence-corrected chi connectivity index (χ4v) is 4.35. The van der Waals surface area contributed by atoms with Crippen molar-refractivity contribution in [1.29, 1.82) is 0 Å². The van der Waals surface area contributed by atoms with Gasteiger partial charge in [-0.15, -0.1) is 0 Å². The molecule has 0 fully saturated rings. The van der Waals surface area contributed by atoms with E-state index in [1.54, 1.807) is 26.0 Å². The van der Waals surface area contributed by atoms with Crippen LogP contribution in [-0.2, 0) is 23.6 Å². The molecule has 174 valence electrons. The summed E-state index contributed by atoms with van der Waals surface area (Å²) in [6, 6.07) is 2.09. The summed E-state index contributed by atoms with van der Waals surface area (Å²) in [5.41, 5.74) is -0.0722. The van der Waals surface area contributed by atoms with Crippen LogP contribution in [0.3, 0.4) is 0 Å². The molecule has 0 saturated heterocycles. The second kappa shape index (κ2) is 8.65. The number of hydrogen-bond acceptors (Lipinski definition) is 8. The van der Waals surface area contributed by atoms with Crippen LogP contribution in [0.4, 0.5) is 4.79 Å². The van der Waals surface area contributed by atoms with Crippen LogP contribution in [0.2, 0.25) is 0 Å². The van der Waals surface area contributed by atoms with E-state index in [0.29, 0.717) is 22.4 Å². The minimum atomic E-state index is -0.828. The number of aromatic nitrogens is 4. The number of ether oxygens (including phenoxy) is 1. The van der Waals surface area contributed by atoms with Crippen LogP contribution in [0.5, 0.6) is 0 Å². The number of thioether (sulfide) groups is 1. The van der Waals surface area contributed by atoms with E-state index in [4.69, 9.17) is 9.15 Å². The number of esters is 1. The van der Waals surface area contributed by atoms with Gasteiger partial charge in [-0.1, -0.05) is 11.8 Å². The van der Waals surface area contributed by atoms with E-state index in [1.165, 1.54) is 18.7 Å². The molecule has 4 rings (SSSR count). The number of nitrogens with one attached hydrogen (secondary N) is 3. The molecule has 2 amide bonds. The Morgan fingerprint density at radius 3 is 2.67 bits per heavy atom. The number of hydrogen-bond donors (Lipinski definition) is 3. The maximum absolute atomic E-state index is 12.8. The maximum atomic E-state index is 12.8. The summed E-state index contributed by atoms with van der Waals surface area (Å²) in [4.78, 5) is 56.9. The van der Waals surface area contributed by atoms with Gasteiger partial charge in [-0.25, -0.2) is 19.4 Å². The average Bonchev–Trinajstić information content (AvgIpc) is 3.41. The van der Waals surface area contributed by atoms with Crippen LogP contribution >= 0.6 is 11.8 Å². The minimum Gasteiger partial charge on any atom is -0.464 e. The first-order valence-corrected chi connectivity index (χ1v) is 11.0. The molecule has 0 saturated carbocycles. The monoisotopic (exact) mass is 474 g/mol. The van der Waals surface area contributed by atoms with E-state index in [0.717, 1.165) is 16.3 Å². The van der Waals surface area contributed by atoms with Crippen molar-refractivity contribution in [3.05, 3.63) is 55.8 Å². The highest BCUT2D eigenvalue weighted by Crippen LogP contribution is 2.31. The van der Waals surface area contributed by atoms with Crippen LogP contribution in [0.1, 0.15) is 24.5 Å². The SMILES string of the molecule is CCOC(=O)C1=C(CSc2nc3c([nH]2)c(=O)n(C)c(=O)n3C)NC(=O)N[C@H]1c1ccc(C)o1. The Labute approximate surface area is 191 Å². The molecule has 0 aliphatic carbocycles. The van der Waals surface area contributed by atoms with Crippen molar-refractivity contribution in [2.24, 2.45) is 14.1 Å². The van der Waals surface area contributed by atoms with Gasteiger partial charge in [0.25, 0.3) is 5.56 Å². The predicted octanol–water partition coefficient (Wildman–Crippen LogP) is 0.825. The molecule has 3 aromatic heterocycles. The third kappa shape index (κ3) is 4.06.